The van der Waals surface area contributed by atoms with E-state index in [-0.39, 0.29) is 0 Å². The van der Waals surface area contributed by atoms with Crippen molar-refractivity contribution in [1.82, 2.24) is 4.98 Å². The molecule has 0 radical (unpaired) electrons. The molecule has 1 aliphatic rings. The van der Waals surface area contributed by atoms with Gasteiger partial charge in [0, 0.05) is 21.1 Å². The van der Waals surface area contributed by atoms with Crippen LogP contribution < -0.4 is 0 Å². The second kappa shape index (κ2) is 13.6. The van der Waals surface area contributed by atoms with Gasteiger partial charge < -0.3 is 4.98 Å². The third-order valence-electron chi connectivity index (χ3n) is 7.22. The summed E-state index contributed by atoms with van der Waals surface area (Å²) >= 11 is 3.60. The van der Waals surface area contributed by atoms with E-state index >= 15 is 0 Å². The van der Waals surface area contributed by atoms with Crippen LogP contribution in [0.5, 0.6) is 0 Å². The number of halogens is 1. The van der Waals surface area contributed by atoms with Gasteiger partial charge in [-0.2, -0.15) is 0 Å². The van der Waals surface area contributed by atoms with E-state index < -0.39 is 0 Å². The van der Waals surface area contributed by atoms with Crippen LogP contribution in [0.1, 0.15) is 121 Å². The fraction of sp³-hybridized carbons (Fsp3) is 0.714. The summed E-state index contributed by atoms with van der Waals surface area (Å²) in [4.78, 5) is 3.67. The predicted molar refractivity (Wildman–Crippen MR) is 136 cm³/mol. The molecule has 1 N–H and O–H groups in total. The second-order valence-corrected chi connectivity index (χ2v) is 10.7. The first kappa shape index (κ1) is 23.9. The number of aromatic nitrogens is 1. The van der Waals surface area contributed by atoms with E-state index in [1.807, 2.05) is 0 Å². The molecule has 0 amide bonds. The molecule has 1 atom stereocenters. The molecular weight excluding hydrogens is 430 g/mol. The van der Waals surface area contributed by atoms with Gasteiger partial charge in [-0.15, -0.1) is 0 Å². The SMILES string of the molecule is CCCCCCCCCCCCCCCCC1CCc2[nH]c3cc(Br)ccc3c2C1. The average molecular weight is 475 g/mol. The van der Waals surface area contributed by atoms with Crippen molar-refractivity contribution in [2.45, 2.75) is 122 Å². The molecule has 3 rings (SSSR count). The molecule has 1 aliphatic carbocycles. The van der Waals surface area contributed by atoms with Crippen molar-refractivity contribution in [3.8, 4) is 0 Å². The van der Waals surface area contributed by atoms with Crippen LogP contribution in [0, 0.1) is 5.92 Å². The van der Waals surface area contributed by atoms with Gasteiger partial charge in [0.05, 0.1) is 0 Å². The van der Waals surface area contributed by atoms with Crippen LogP contribution in [-0.4, -0.2) is 4.98 Å². The van der Waals surface area contributed by atoms with E-state index in [0.717, 1.165) is 5.92 Å². The number of rotatable bonds is 15. The summed E-state index contributed by atoms with van der Waals surface area (Å²) < 4.78 is 1.17. The summed E-state index contributed by atoms with van der Waals surface area (Å²) in [5.41, 5.74) is 4.42. The highest BCUT2D eigenvalue weighted by molar-refractivity contribution is 9.10. The summed E-state index contributed by atoms with van der Waals surface area (Å²) in [5.74, 6) is 0.900. The number of aryl methyl sites for hydroxylation is 1. The highest BCUT2D eigenvalue weighted by Crippen LogP contribution is 2.34. The first-order chi connectivity index (χ1) is 14.8. The molecule has 2 aromatic rings. The molecule has 1 unspecified atom stereocenters. The Morgan fingerprint density at radius 2 is 1.43 bits per heavy atom. The molecule has 0 spiro atoms. The Bertz CT molecular complexity index is 732. The molecule has 168 valence electrons. The van der Waals surface area contributed by atoms with Crippen LogP contribution in [0.25, 0.3) is 10.9 Å². The Balaban J connectivity index is 1.19. The maximum atomic E-state index is 3.67. The van der Waals surface area contributed by atoms with Gasteiger partial charge in [-0.05, 0) is 42.9 Å². The Morgan fingerprint density at radius 1 is 0.833 bits per heavy atom. The van der Waals surface area contributed by atoms with Crippen molar-refractivity contribution in [2.75, 3.05) is 0 Å². The van der Waals surface area contributed by atoms with Gasteiger partial charge in [-0.25, -0.2) is 0 Å². The van der Waals surface area contributed by atoms with Crippen LogP contribution in [0.3, 0.4) is 0 Å². The third kappa shape index (κ3) is 7.74. The Morgan fingerprint density at radius 3 is 2.07 bits per heavy atom. The Kier molecular flexibility index (Phi) is 10.8. The zero-order valence-electron chi connectivity index (χ0n) is 19.4. The van der Waals surface area contributed by atoms with Gasteiger partial charge >= 0.3 is 0 Å². The molecule has 0 saturated carbocycles. The van der Waals surface area contributed by atoms with Crippen LogP contribution in [0.2, 0.25) is 0 Å². The first-order valence-electron chi connectivity index (χ1n) is 13.1. The number of nitrogens with one attached hydrogen (secondary N) is 1. The van der Waals surface area contributed by atoms with Gasteiger partial charge in [0.2, 0.25) is 0 Å². The zero-order valence-corrected chi connectivity index (χ0v) is 21.0. The summed E-state index contributed by atoms with van der Waals surface area (Å²) in [6, 6.07) is 6.72. The molecule has 0 saturated heterocycles. The van der Waals surface area contributed by atoms with Crippen LogP contribution in [0.4, 0.5) is 0 Å². The van der Waals surface area contributed by atoms with Crippen molar-refractivity contribution in [1.29, 1.82) is 0 Å². The standard InChI is InChI=1S/C28H44BrN/c1-2-3-4-5-6-7-8-9-10-11-12-13-14-15-16-23-17-20-27-26(21-23)25-19-18-24(29)22-28(25)30-27/h18-19,22-23,30H,2-17,20-21H2,1H3. The normalized spacial score (nSPS) is 16.3. The maximum absolute atomic E-state index is 3.67. The molecule has 1 heterocycles. The lowest BCUT2D eigenvalue weighted by Gasteiger charge is -2.22. The smallest absolute Gasteiger partial charge is 0.0470 e. The number of H-pyrrole nitrogens is 1. The average Bonchev–Trinajstić information content (AvgIpc) is 3.10. The minimum absolute atomic E-state index is 0.900. The first-order valence-corrected chi connectivity index (χ1v) is 13.9. The Hall–Kier alpha value is -0.760. The molecule has 0 fully saturated rings. The number of unbranched alkanes of at least 4 members (excludes halogenated alkanes) is 13. The molecule has 0 bridgehead atoms. The van der Waals surface area contributed by atoms with E-state index in [1.54, 1.807) is 5.56 Å². The minimum atomic E-state index is 0.900. The maximum Gasteiger partial charge on any atom is 0.0470 e. The van der Waals surface area contributed by atoms with E-state index in [0.29, 0.717) is 0 Å². The van der Waals surface area contributed by atoms with Gasteiger partial charge in [0.1, 0.15) is 0 Å². The van der Waals surface area contributed by atoms with Gasteiger partial charge in [-0.3, -0.25) is 0 Å². The van der Waals surface area contributed by atoms with E-state index in [9.17, 15) is 0 Å². The lowest BCUT2D eigenvalue weighted by atomic mass is 9.83. The quantitative estimate of drug-likeness (QED) is 0.247. The van der Waals surface area contributed by atoms with E-state index in [1.165, 1.54) is 137 Å². The predicted octanol–water partition coefficient (Wildman–Crippen LogP) is 9.91. The van der Waals surface area contributed by atoms with Gasteiger partial charge in [0.15, 0.2) is 0 Å². The van der Waals surface area contributed by atoms with Crippen LogP contribution >= 0.6 is 15.9 Å². The third-order valence-corrected chi connectivity index (χ3v) is 7.71. The fourth-order valence-corrected chi connectivity index (χ4v) is 5.70. The van der Waals surface area contributed by atoms with Crippen molar-refractivity contribution < 1.29 is 0 Å². The molecule has 30 heavy (non-hydrogen) atoms. The van der Waals surface area contributed by atoms with Crippen molar-refractivity contribution in [3.05, 3.63) is 33.9 Å². The largest absolute Gasteiger partial charge is 0.358 e. The van der Waals surface area contributed by atoms with E-state index in [2.05, 4.69) is 46.0 Å². The molecule has 1 nitrogen and oxygen atoms in total. The molecule has 1 aromatic heterocycles. The molecule has 0 aliphatic heterocycles. The number of aromatic amines is 1. The number of benzene rings is 1. The second-order valence-electron chi connectivity index (χ2n) is 9.77. The van der Waals surface area contributed by atoms with Crippen LogP contribution in [-0.2, 0) is 12.8 Å². The number of fused-ring (bicyclic) bond motifs is 3. The number of hydrogen-bond acceptors (Lipinski definition) is 0. The highest BCUT2D eigenvalue weighted by atomic mass is 79.9. The van der Waals surface area contributed by atoms with Crippen molar-refractivity contribution in [2.24, 2.45) is 5.92 Å². The zero-order chi connectivity index (χ0) is 21.0. The summed E-state index contributed by atoms with van der Waals surface area (Å²) in [5, 5.41) is 1.46. The fourth-order valence-electron chi connectivity index (χ4n) is 5.34. The summed E-state index contributed by atoms with van der Waals surface area (Å²) in [7, 11) is 0. The minimum Gasteiger partial charge on any atom is -0.358 e. The lowest BCUT2D eigenvalue weighted by molar-refractivity contribution is 0.403. The van der Waals surface area contributed by atoms with Crippen LogP contribution in [0.15, 0.2) is 22.7 Å². The molecule has 1 aromatic carbocycles. The molecule has 2 heteroatoms. The van der Waals surface area contributed by atoms with Crippen molar-refractivity contribution in [3.63, 3.8) is 0 Å². The monoisotopic (exact) mass is 473 g/mol. The molecular formula is C28H44BrN. The van der Waals surface area contributed by atoms with Gasteiger partial charge in [-0.1, -0.05) is 125 Å². The number of hydrogen-bond donors (Lipinski definition) is 1. The Labute approximate surface area is 193 Å². The van der Waals surface area contributed by atoms with Gasteiger partial charge in [0.25, 0.3) is 0 Å². The summed E-state index contributed by atoms with van der Waals surface area (Å²) in [6.07, 6.45) is 25.7. The van der Waals surface area contributed by atoms with E-state index in [4.69, 9.17) is 0 Å². The highest BCUT2D eigenvalue weighted by Gasteiger charge is 2.22. The topological polar surface area (TPSA) is 15.8 Å². The summed E-state index contributed by atoms with van der Waals surface area (Å²) in [6.45, 7) is 2.30. The lowest BCUT2D eigenvalue weighted by Crippen LogP contribution is -2.13. The van der Waals surface area contributed by atoms with Crippen molar-refractivity contribution >= 4 is 26.8 Å².